The number of benzene rings is 2. The SMILES string of the molecule is Cc1ccc(CNC(=O)N/C=C/c2cccc(Cl)c2)cc1. The fraction of sp³-hybridized carbons (Fsp3) is 0.118. The Morgan fingerprint density at radius 2 is 1.95 bits per heavy atom. The molecule has 0 aliphatic heterocycles. The van der Waals surface area contributed by atoms with Crippen LogP contribution in [0, 0.1) is 6.92 Å². The Morgan fingerprint density at radius 1 is 1.19 bits per heavy atom. The van der Waals surface area contributed by atoms with Crippen molar-refractivity contribution >= 4 is 23.7 Å². The molecule has 0 aliphatic rings. The number of halogens is 1. The van der Waals surface area contributed by atoms with Crippen LogP contribution in [0.25, 0.3) is 6.08 Å². The first-order valence-electron chi connectivity index (χ1n) is 6.65. The average molecular weight is 301 g/mol. The van der Waals surface area contributed by atoms with Crippen molar-refractivity contribution in [3.8, 4) is 0 Å². The Bertz CT molecular complexity index is 635. The van der Waals surface area contributed by atoms with Gasteiger partial charge >= 0.3 is 6.03 Å². The van der Waals surface area contributed by atoms with E-state index in [1.807, 2.05) is 49.4 Å². The number of rotatable bonds is 4. The molecule has 0 aromatic heterocycles. The van der Waals surface area contributed by atoms with Crippen molar-refractivity contribution in [2.24, 2.45) is 0 Å². The monoisotopic (exact) mass is 300 g/mol. The van der Waals surface area contributed by atoms with E-state index in [9.17, 15) is 4.79 Å². The molecule has 3 nitrogen and oxygen atoms in total. The van der Waals surface area contributed by atoms with Crippen molar-refractivity contribution in [2.45, 2.75) is 13.5 Å². The summed E-state index contributed by atoms with van der Waals surface area (Å²) in [6, 6.07) is 15.2. The quantitative estimate of drug-likeness (QED) is 0.876. The van der Waals surface area contributed by atoms with Crippen LogP contribution in [-0.2, 0) is 6.54 Å². The van der Waals surface area contributed by atoms with E-state index in [0.29, 0.717) is 11.6 Å². The third kappa shape index (κ3) is 5.32. The fourth-order valence-electron chi connectivity index (χ4n) is 1.76. The highest BCUT2D eigenvalue weighted by molar-refractivity contribution is 6.30. The minimum atomic E-state index is -0.242. The Kier molecular flexibility index (Phi) is 5.41. The number of carbonyl (C=O) groups excluding carboxylic acids is 1. The van der Waals surface area contributed by atoms with Crippen LogP contribution in [0.5, 0.6) is 0 Å². The van der Waals surface area contributed by atoms with Crippen molar-refractivity contribution < 1.29 is 4.79 Å². The third-order valence-electron chi connectivity index (χ3n) is 2.91. The number of carbonyl (C=O) groups is 1. The van der Waals surface area contributed by atoms with Gasteiger partial charge in [0, 0.05) is 17.8 Å². The van der Waals surface area contributed by atoms with E-state index in [2.05, 4.69) is 10.6 Å². The standard InChI is InChI=1S/C17H17ClN2O/c1-13-5-7-15(8-6-13)12-20-17(21)19-10-9-14-3-2-4-16(18)11-14/h2-11H,12H2,1H3,(H2,19,20,21)/b10-9+. The van der Waals surface area contributed by atoms with E-state index in [0.717, 1.165) is 11.1 Å². The van der Waals surface area contributed by atoms with Gasteiger partial charge in [-0.2, -0.15) is 0 Å². The lowest BCUT2D eigenvalue weighted by molar-refractivity contribution is 0.244. The lowest BCUT2D eigenvalue weighted by Crippen LogP contribution is -2.31. The molecule has 0 spiro atoms. The minimum absolute atomic E-state index is 0.242. The number of nitrogens with one attached hydrogen (secondary N) is 2. The molecule has 0 saturated heterocycles. The first kappa shape index (κ1) is 15.1. The molecule has 2 aromatic rings. The summed E-state index contributed by atoms with van der Waals surface area (Å²) in [6.07, 6.45) is 3.38. The largest absolute Gasteiger partial charge is 0.334 e. The van der Waals surface area contributed by atoms with Crippen molar-refractivity contribution in [3.05, 3.63) is 76.4 Å². The third-order valence-corrected chi connectivity index (χ3v) is 3.15. The minimum Gasteiger partial charge on any atom is -0.334 e. The van der Waals surface area contributed by atoms with Crippen LogP contribution >= 0.6 is 11.6 Å². The van der Waals surface area contributed by atoms with Gasteiger partial charge in [0.15, 0.2) is 0 Å². The topological polar surface area (TPSA) is 41.1 Å². The lowest BCUT2D eigenvalue weighted by Gasteiger charge is -2.05. The zero-order valence-corrected chi connectivity index (χ0v) is 12.5. The molecule has 21 heavy (non-hydrogen) atoms. The number of aryl methyl sites for hydroxylation is 1. The summed E-state index contributed by atoms with van der Waals surface area (Å²) in [5.74, 6) is 0. The predicted octanol–water partition coefficient (Wildman–Crippen LogP) is 4.12. The van der Waals surface area contributed by atoms with Crippen LogP contribution in [0.2, 0.25) is 5.02 Å². The maximum absolute atomic E-state index is 11.6. The van der Waals surface area contributed by atoms with Gasteiger partial charge in [-0.1, -0.05) is 53.6 Å². The molecule has 2 rings (SSSR count). The molecule has 0 radical (unpaired) electrons. The first-order valence-corrected chi connectivity index (χ1v) is 7.03. The fourth-order valence-corrected chi connectivity index (χ4v) is 1.96. The van der Waals surface area contributed by atoms with Crippen LogP contribution in [0.4, 0.5) is 4.79 Å². The molecule has 0 aliphatic carbocycles. The zero-order valence-electron chi connectivity index (χ0n) is 11.8. The van der Waals surface area contributed by atoms with E-state index >= 15 is 0 Å². The van der Waals surface area contributed by atoms with E-state index in [-0.39, 0.29) is 6.03 Å². The second kappa shape index (κ2) is 7.50. The molecule has 2 amide bonds. The molecule has 4 heteroatoms. The van der Waals surface area contributed by atoms with Gasteiger partial charge in [0.1, 0.15) is 0 Å². The molecular formula is C17H17ClN2O. The Balaban J connectivity index is 1.78. The molecule has 0 atom stereocenters. The molecule has 108 valence electrons. The highest BCUT2D eigenvalue weighted by atomic mass is 35.5. The van der Waals surface area contributed by atoms with Crippen molar-refractivity contribution in [2.75, 3.05) is 0 Å². The maximum atomic E-state index is 11.6. The summed E-state index contributed by atoms with van der Waals surface area (Å²) < 4.78 is 0. The van der Waals surface area contributed by atoms with Gasteiger partial charge in [0.05, 0.1) is 0 Å². The Morgan fingerprint density at radius 3 is 2.67 bits per heavy atom. The maximum Gasteiger partial charge on any atom is 0.319 e. The van der Waals surface area contributed by atoms with Crippen LogP contribution < -0.4 is 10.6 Å². The van der Waals surface area contributed by atoms with Crippen LogP contribution in [-0.4, -0.2) is 6.03 Å². The number of amides is 2. The summed E-state index contributed by atoms with van der Waals surface area (Å²) in [6.45, 7) is 2.53. The van der Waals surface area contributed by atoms with Crippen LogP contribution in [0.1, 0.15) is 16.7 Å². The first-order chi connectivity index (χ1) is 10.1. The Labute approximate surface area is 129 Å². The summed E-state index contributed by atoms with van der Waals surface area (Å²) >= 11 is 5.88. The number of hydrogen-bond donors (Lipinski definition) is 2. The zero-order chi connectivity index (χ0) is 15.1. The van der Waals surface area contributed by atoms with Crippen LogP contribution in [0.15, 0.2) is 54.7 Å². The van der Waals surface area contributed by atoms with E-state index < -0.39 is 0 Å². The molecule has 0 heterocycles. The highest BCUT2D eigenvalue weighted by Gasteiger charge is 1.97. The van der Waals surface area contributed by atoms with E-state index in [1.165, 1.54) is 5.56 Å². The second-order valence-corrected chi connectivity index (χ2v) is 5.14. The molecule has 0 saturated carbocycles. The summed E-state index contributed by atoms with van der Waals surface area (Å²) in [7, 11) is 0. The molecule has 0 unspecified atom stereocenters. The Hall–Kier alpha value is -2.26. The lowest BCUT2D eigenvalue weighted by atomic mass is 10.1. The van der Waals surface area contributed by atoms with Gasteiger partial charge in [0.2, 0.25) is 0 Å². The smallest absolute Gasteiger partial charge is 0.319 e. The predicted molar refractivity (Wildman–Crippen MR) is 87.0 cm³/mol. The average Bonchev–Trinajstić information content (AvgIpc) is 2.47. The van der Waals surface area contributed by atoms with Gasteiger partial charge in [-0.15, -0.1) is 0 Å². The molecule has 2 aromatic carbocycles. The second-order valence-electron chi connectivity index (χ2n) is 4.70. The van der Waals surface area contributed by atoms with Gasteiger partial charge in [-0.3, -0.25) is 0 Å². The van der Waals surface area contributed by atoms with Gasteiger partial charge in [0.25, 0.3) is 0 Å². The summed E-state index contributed by atoms with van der Waals surface area (Å²) in [5.41, 5.74) is 3.20. The van der Waals surface area contributed by atoms with Crippen LogP contribution in [0.3, 0.4) is 0 Å². The highest BCUT2D eigenvalue weighted by Crippen LogP contribution is 2.11. The van der Waals surface area contributed by atoms with Crippen molar-refractivity contribution in [1.29, 1.82) is 0 Å². The number of hydrogen-bond acceptors (Lipinski definition) is 1. The van der Waals surface area contributed by atoms with Gasteiger partial charge in [-0.05, 0) is 36.3 Å². The van der Waals surface area contributed by atoms with E-state index in [1.54, 1.807) is 18.3 Å². The molecular weight excluding hydrogens is 284 g/mol. The normalized spacial score (nSPS) is 10.6. The van der Waals surface area contributed by atoms with Crippen molar-refractivity contribution in [1.82, 2.24) is 10.6 Å². The number of urea groups is 1. The van der Waals surface area contributed by atoms with Gasteiger partial charge in [-0.25, -0.2) is 4.79 Å². The van der Waals surface area contributed by atoms with Gasteiger partial charge < -0.3 is 10.6 Å². The molecule has 0 bridgehead atoms. The summed E-state index contributed by atoms with van der Waals surface area (Å²) in [5, 5.41) is 6.11. The molecule has 0 fully saturated rings. The van der Waals surface area contributed by atoms with Crippen molar-refractivity contribution in [3.63, 3.8) is 0 Å². The van der Waals surface area contributed by atoms with E-state index in [4.69, 9.17) is 11.6 Å². The summed E-state index contributed by atoms with van der Waals surface area (Å²) in [4.78, 5) is 11.6. The molecule has 2 N–H and O–H groups in total.